The predicted molar refractivity (Wildman–Crippen MR) is 79.0 cm³/mol. The maximum atomic E-state index is 14.0. The van der Waals surface area contributed by atoms with Crippen molar-refractivity contribution in [2.24, 2.45) is 0 Å². The Balaban J connectivity index is 1.83. The summed E-state index contributed by atoms with van der Waals surface area (Å²) in [6.07, 6.45) is 17.3. The Hall–Kier alpha value is 0.230. The van der Waals surface area contributed by atoms with Crippen molar-refractivity contribution in [3.8, 4) is 0 Å². The maximum absolute atomic E-state index is 14.0. The number of hydrogen-bond donors (Lipinski definition) is 0. The SMILES string of the molecule is O=P(C1CCCCC1)(C1CCCC1)C1CCCC1. The van der Waals surface area contributed by atoms with Gasteiger partial charge in [-0.15, -0.1) is 0 Å². The van der Waals surface area contributed by atoms with E-state index < -0.39 is 7.14 Å². The van der Waals surface area contributed by atoms with Gasteiger partial charge in [0.2, 0.25) is 0 Å². The van der Waals surface area contributed by atoms with Gasteiger partial charge in [-0.25, -0.2) is 0 Å². The minimum Gasteiger partial charge on any atom is -0.323 e. The van der Waals surface area contributed by atoms with E-state index in [4.69, 9.17) is 0 Å². The van der Waals surface area contributed by atoms with Gasteiger partial charge in [-0.2, -0.15) is 0 Å². The summed E-state index contributed by atoms with van der Waals surface area (Å²) in [5.74, 6) is 0. The van der Waals surface area contributed by atoms with Crippen LogP contribution < -0.4 is 0 Å². The van der Waals surface area contributed by atoms with E-state index in [-0.39, 0.29) is 0 Å². The molecule has 3 aliphatic carbocycles. The molecule has 0 N–H and O–H groups in total. The summed E-state index contributed by atoms with van der Waals surface area (Å²) in [4.78, 5) is 0. The van der Waals surface area contributed by atoms with E-state index in [0.29, 0.717) is 17.0 Å². The summed E-state index contributed by atoms with van der Waals surface area (Å²) in [6, 6.07) is 0. The normalized spacial score (nSPS) is 29.1. The number of hydrogen-bond acceptors (Lipinski definition) is 1. The van der Waals surface area contributed by atoms with Gasteiger partial charge in [0.05, 0.1) is 7.14 Å². The average Bonchev–Trinajstić information content (AvgIpc) is 3.12. The highest BCUT2D eigenvalue weighted by atomic mass is 31.2. The van der Waals surface area contributed by atoms with Gasteiger partial charge in [-0.3, -0.25) is 0 Å². The van der Waals surface area contributed by atoms with Gasteiger partial charge in [-0.05, 0) is 38.5 Å². The van der Waals surface area contributed by atoms with Gasteiger partial charge in [0.15, 0.2) is 0 Å². The summed E-state index contributed by atoms with van der Waals surface area (Å²) < 4.78 is 14.0. The molecule has 0 saturated heterocycles. The molecule has 0 bridgehead atoms. The summed E-state index contributed by atoms with van der Waals surface area (Å²) >= 11 is 0. The van der Waals surface area contributed by atoms with Crippen LogP contribution in [0, 0.1) is 0 Å². The first-order valence-corrected chi connectivity index (χ1v) is 10.3. The van der Waals surface area contributed by atoms with E-state index in [0.717, 1.165) is 0 Å². The standard InChI is InChI=1S/C16H29OP/c17-18(15-10-4-5-11-15,16-12-6-7-13-16)14-8-2-1-3-9-14/h14-16H,1-13H2. The fourth-order valence-corrected chi connectivity index (χ4v) is 10.3. The molecule has 0 aromatic carbocycles. The van der Waals surface area contributed by atoms with Gasteiger partial charge in [0, 0.05) is 17.0 Å². The van der Waals surface area contributed by atoms with E-state index in [9.17, 15) is 4.57 Å². The van der Waals surface area contributed by atoms with E-state index in [2.05, 4.69) is 0 Å². The van der Waals surface area contributed by atoms with Crippen LogP contribution in [0.4, 0.5) is 0 Å². The molecule has 0 radical (unpaired) electrons. The van der Waals surface area contributed by atoms with Crippen LogP contribution in [0.2, 0.25) is 0 Å². The summed E-state index contributed by atoms with van der Waals surface area (Å²) in [5.41, 5.74) is 1.92. The van der Waals surface area contributed by atoms with Crippen LogP contribution in [0.25, 0.3) is 0 Å². The van der Waals surface area contributed by atoms with Crippen LogP contribution in [-0.2, 0) is 4.57 Å². The van der Waals surface area contributed by atoms with Crippen molar-refractivity contribution in [1.82, 2.24) is 0 Å². The molecule has 1 nitrogen and oxygen atoms in total. The maximum Gasteiger partial charge on any atom is 0.0964 e. The third-order valence-electron chi connectivity index (χ3n) is 5.94. The van der Waals surface area contributed by atoms with Crippen molar-refractivity contribution in [2.45, 2.75) is 100 Å². The van der Waals surface area contributed by atoms with Gasteiger partial charge in [0.25, 0.3) is 0 Å². The molecule has 3 saturated carbocycles. The Morgan fingerprint density at radius 3 is 1.11 bits per heavy atom. The molecule has 0 atom stereocenters. The molecular weight excluding hydrogens is 239 g/mol. The smallest absolute Gasteiger partial charge is 0.0964 e. The second-order valence-corrected chi connectivity index (χ2v) is 10.6. The summed E-state index contributed by atoms with van der Waals surface area (Å²) in [7, 11) is -1.89. The van der Waals surface area contributed by atoms with Gasteiger partial charge >= 0.3 is 0 Å². The highest BCUT2D eigenvalue weighted by Gasteiger charge is 2.47. The van der Waals surface area contributed by atoms with Crippen LogP contribution in [0.5, 0.6) is 0 Å². The van der Waals surface area contributed by atoms with Crippen molar-refractivity contribution in [1.29, 1.82) is 0 Å². The molecule has 0 unspecified atom stereocenters. The summed E-state index contributed by atoms with van der Waals surface area (Å²) in [5, 5.41) is 0. The fraction of sp³-hybridized carbons (Fsp3) is 1.00. The third kappa shape index (κ3) is 2.33. The lowest BCUT2D eigenvalue weighted by Crippen LogP contribution is -2.26. The van der Waals surface area contributed by atoms with Crippen LogP contribution >= 0.6 is 7.14 Å². The third-order valence-corrected chi connectivity index (χ3v) is 10.9. The zero-order valence-electron chi connectivity index (χ0n) is 11.8. The summed E-state index contributed by atoms with van der Waals surface area (Å²) in [6.45, 7) is 0. The van der Waals surface area contributed by atoms with Gasteiger partial charge in [0.1, 0.15) is 0 Å². The molecule has 3 rings (SSSR count). The number of rotatable bonds is 3. The van der Waals surface area contributed by atoms with E-state index in [1.807, 2.05) is 0 Å². The molecule has 104 valence electrons. The zero-order chi connectivity index (χ0) is 12.4. The molecule has 0 heterocycles. The van der Waals surface area contributed by atoms with E-state index in [1.165, 1.54) is 83.5 Å². The average molecular weight is 268 g/mol. The minimum atomic E-state index is -1.89. The second-order valence-electron chi connectivity index (χ2n) is 6.93. The van der Waals surface area contributed by atoms with Crippen molar-refractivity contribution in [3.05, 3.63) is 0 Å². The van der Waals surface area contributed by atoms with Crippen molar-refractivity contribution < 1.29 is 4.57 Å². The molecule has 0 aliphatic heterocycles. The Morgan fingerprint density at radius 2 is 0.778 bits per heavy atom. The van der Waals surface area contributed by atoms with E-state index in [1.54, 1.807) is 0 Å². The molecule has 3 aliphatic rings. The lowest BCUT2D eigenvalue weighted by atomic mass is 10.0. The highest BCUT2D eigenvalue weighted by Crippen LogP contribution is 2.69. The lowest BCUT2D eigenvalue weighted by molar-refractivity contribution is 0.468. The second kappa shape index (κ2) is 5.70. The van der Waals surface area contributed by atoms with Crippen LogP contribution in [0.15, 0.2) is 0 Å². The van der Waals surface area contributed by atoms with Gasteiger partial charge in [-0.1, -0.05) is 44.9 Å². The fourth-order valence-electron chi connectivity index (χ4n) is 4.99. The molecule has 3 fully saturated rings. The largest absolute Gasteiger partial charge is 0.323 e. The minimum absolute atomic E-state index is 0.637. The molecule has 0 aromatic rings. The van der Waals surface area contributed by atoms with Crippen LogP contribution in [-0.4, -0.2) is 17.0 Å². The Bertz CT molecular complexity index is 287. The van der Waals surface area contributed by atoms with Crippen LogP contribution in [0.3, 0.4) is 0 Å². The Labute approximate surface area is 112 Å². The van der Waals surface area contributed by atoms with Crippen molar-refractivity contribution in [2.75, 3.05) is 0 Å². The quantitative estimate of drug-likeness (QED) is 0.612. The molecule has 18 heavy (non-hydrogen) atoms. The molecule has 2 heteroatoms. The van der Waals surface area contributed by atoms with Gasteiger partial charge < -0.3 is 4.57 Å². The molecule has 0 spiro atoms. The lowest BCUT2D eigenvalue weighted by Gasteiger charge is -2.39. The highest BCUT2D eigenvalue weighted by molar-refractivity contribution is 7.66. The predicted octanol–water partition coefficient (Wildman–Crippen LogP) is 5.57. The van der Waals surface area contributed by atoms with Crippen LogP contribution in [0.1, 0.15) is 83.5 Å². The first-order valence-electron chi connectivity index (χ1n) is 8.41. The first-order chi connectivity index (χ1) is 8.82. The van der Waals surface area contributed by atoms with E-state index >= 15 is 0 Å². The molecule has 0 amide bonds. The zero-order valence-corrected chi connectivity index (χ0v) is 12.7. The Kier molecular flexibility index (Phi) is 4.18. The monoisotopic (exact) mass is 268 g/mol. The topological polar surface area (TPSA) is 17.1 Å². The molecule has 0 aromatic heterocycles. The van der Waals surface area contributed by atoms with Crippen molar-refractivity contribution in [3.63, 3.8) is 0 Å². The molecular formula is C16H29OP. The first kappa shape index (κ1) is 13.2. The Morgan fingerprint density at radius 1 is 0.500 bits per heavy atom. The van der Waals surface area contributed by atoms with Crippen molar-refractivity contribution >= 4 is 7.14 Å².